The van der Waals surface area contributed by atoms with E-state index in [9.17, 15) is 4.79 Å². The van der Waals surface area contributed by atoms with Crippen LogP contribution in [-0.2, 0) is 0 Å². The van der Waals surface area contributed by atoms with Crippen LogP contribution in [0.3, 0.4) is 0 Å². The lowest BCUT2D eigenvalue weighted by Crippen LogP contribution is -1.96. The normalized spacial score (nSPS) is 10.4. The van der Waals surface area contributed by atoms with Crippen LogP contribution in [0.25, 0.3) is 11.5 Å². The number of aromatic amines is 1. The Morgan fingerprint density at radius 2 is 2.36 bits per heavy atom. The summed E-state index contributed by atoms with van der Waals surface area (Å²) in [6, 6.07) is 0. The minimum absolute atomic E-state index is 0.00468. The monoisotopic (exact) mass is 257 g/mol. The Labute approximate surface area is 86.0 Å². The zero-order valence-electron chi connectivity index (χ0n) is 6.69. The van der Waals surface area contributed by atoms with Gasteiger partial charge in [-0.05, 0) is 15.9 Å². The summed E-state index contributed by atoms with van der Waals surface area (Å²) in [6.45, 7) is 0. The maximum absolute atomic E-state index is 10.7. The van der Waals surface area contributed by atoms with E-state index in [-0.39, 0.29) is 11.3 Å². The molecule has 0 aliphatic carbocycles. The van der Waals surface area contributed by atoms with Gasteiger partial charge in [0.15, 0.2) is 5.76 Å². The minimum Gasteiger partial charge on any atom is -0.477 e. The number of hydrogen-bond donors (Lipinski definition) is 2. The smallest absolute Gasteiger partial charge is 0.341 e. The van der Waals surface area contributed by atoms with Crippen LogP contribution in [0.15, 0.2) is 21.4 Å². The molecule has 14 heavy (non-hydrogen) atoms. The number of halogens is 1. The molecule has 2 heterocycles. The van der Waals surface area contributed by atoms with Crippen LogP contribution in [0.4, 0.5) is 0 Å². The summed E-state index contributed by atoms with van der Waals surface area (Å²) in [5, 5.41) is 18.5. The van der Waals surface area contributed by atoms with E-state index in [1.54, 1.807) is 0 Å². The van der Waals surface area contributed by atoms with E-state index in [0.29, 0.717) is 10.2 Å². The molecule has 0 bridgehead atoms. The fraction of sp³-hybridized carbons (Fsp3) is 0. The van der Waals surface area contributed by atoms with E-state index in [1.807, 2.05) is 0 Å². The maximum atomic E-state index is 10.7. The van der Waals surface area contributed by atoms with Gasteiger partial charge in [-0.15, -0.1) is 0 Å². The number of aromatic carboxylic acids is 1. The fourth-order valence-corrected chi connectivity index (χ4v) is 1.37. The first-order valence-corrected chi connectivity index (χ1v) is 4.36. The molecule has 7 heteroatoms. The highest BCUT2D eigenvalue weighted by Crippen LogP contribution is 2.28. The molecule has 0 saturated heterocycles. The first kappa shape index (κ1) is 8.95. The largest absolute Gasteiger partial charge is 0.477 e. The lowest BCUT2D eigenvalue weighted by molar-refractivity contribution is 0.0697. The van der Waals surface area contributed by atoms with Crippen molar-refractivity contribution < 1.29 is 14.4 Å². The second-order valence-electron chi connectivity index (χ2n) is 2.47. The Kier molecular flexibility index (Phi) is 2.08. The summed E-state index contributed by atoms with van der Waals surface area (Å²) >= 11 is 3.20. The van der Waals surface area contributed by atoms with Crippen molar-refractivity contribution in [2.24, 2.45) is 0 Å². The highest BCUT2D eigenvalue weighted by atomic mass is 79.9. The molecule has 0 fully saturated rings. The topological polar surface area (TPSA) is 92.0 Å². The molecule has 2 rings (SSSR count). The van der Waals surface area contributed by atoms with Gasteiger partial charge in [0.05, 0.1) is 16.9 Å². The average Bonchev–Trinajstić information content (AvgIpc) is 2.70. The Hall–Kier alpha value is -1.63. The van der Waals surface area contributed by atoms with Gasteiger partial charge in [-0.3, -0.25) is 5.10 Å². The van der Waals surface area contributed by atoms with E-state index in [2.05, 4.69) is 31.3 Å². The molecule has 0 spiro atoms. The molecule has 2 N–H and O–H groups in total. The number of nitrogens with one attached hydrogen (secondary N) is 1. The number of carbonyl (C=O) groups is 1. The Bertz CT molecular complexity index is 476. The molecule has 72 valence electrons. The molecule has 0 amide bonds. The van der Waals surface area contributed by atoms with E-state index in [4.69, 9.17) is 9.63 Å². The van der Waals surface area contributed by atoms with Crippen molar-refractivity contribution in [3.63, 3.8) is 0 Å². The molecule has 0 atom stereocenters. The van der Waals surface area contributed by atoms with E-state index >= 15 is 0 Å². The zero-order valence-corrected chi connectivity index (χ0v) is 8.28. The van der Waals surface area contributed by atoms with E-state index in [0.717, 1.165) is 6.20 Å². The van der Waals surface area contributed by atoms with Crippen molar-refractivity contribution in [1.29, 1.82) is 0 Å². The lowest BCUT2D eigenvalue weighted by Gasteiger charge is -1.93. The Morgan fingerprint density at radius 3 is 2.93 bits per heavy atom. The second-order valence-corrected chi connectivity index (χ2v) is 3.32. The van der Waals surface area contributed by atoms with Gasteiger partial charge in [0.2, 0.25) is 0 Å². The van der Waals surface area contributed by atoms with Crippen LogP contribution in [0, 0.1) is 0 Å². The van der Waals surface area contributed by atoms with Crippen LogP contribution < -0.4 is 0 Å². The highest BCUT2D eigenvalue weighted by molar-refractivity contribution is 9.10. The summed E-state index contributed by atoms with van der Waals surface area (Å²) < 4.78 is 5.44. The molecule has 0 radical (unpaired) electrons. The van der Waals surface area contributed by atoms with Gasteiger partial charge < -0.3 is 9.63 Å². The van der Waals surface area contributed by atoms with Crippen molar-refractivity contribution in [3.05, 3.63) is 22.4 Å². The standard InChI is InChI=1S/C7H4BrN3O3/c8-4-2-9-11-5(4)6-3(7(12)13)1-10-14-6/h1-2H,(H,9,11)(H,12,13). The number of carboxylic acids is 1. The molecule has 6 nitrogen and oxygen atoms in total. The SMILES string of the molecule is O=C(O)c1cnoc1-c1[nH]ncc1Br. The Morgan fingerprint density at radius 1 is 1.57 bits per heavy atom. The van der Waals surface area contributed by atoms with Crippen LogP contribution >= 0.6 is 15.9 Å². The fourth-order valence-electron chi connectivity index (χ4n) is 1.00. The van der Waals surface area contributed by atoms with Gasteiger partial charge in [0.25, 0.3) is 0 Å². The van der Waals surface area contributed by atoms with Crippen LogP contribution in [-0.4, -0.2) is 26.4 Å². The number of carboxylic acid groups (broad SMARTS) is 1. The van der Waals surface area contributed by atoms with Crippen molar-refractivity contribution in [2.45, 2.75) is 0 Å². The maximum Gasteiger partial charge on any atom is 0.341 e. The summed E-state index contributed by atoms with van der Waals surface area (Å²) in [6.07, 6.45) is 2.65. The number of aromatic nitrogens is 3. The molecule has 0 saturated carbocycles. The summed E-state index contributed by atoms with van der Waals surface area (Å²) in [4.78, 5) is 10.7. The summed E-state index contributed by atoms with van der Waals surface area (Å²) in [5.41, 5.74) is 0.454. The molecule has 2 aromatic rings. The molecule has 2 aromatic heterocycles. The van der Waals surface area contributed by atoms with Crippen molar-refractivity contribution >= 4 is 21.9 Å². The number of hydrogen-bond acceptors (Lipinski definition) is 4. The minimum atomic E-state index is -1.09. The average molecular weight is 258 g/mol. The van der Waals surface area contributed by atoms with E-state index in [1.165, 1.54) is 6.20 Å². The first-order chi connectivity index (χ1) is 6.70. The van der Waals surface area contributed by atoms with Crippen molar-refractivity contribution in [2.75, 3.05) is 0 Å². The molecule has 0 aliphatic heterocycles. The zero-order chi connectivity index (χ0) is 10.1. The van der Waals surface area contributed by atoms with Crippen molar-refractivity contribution in [3.8, 4) is 11.5 Å². The highest BCUT2D eigenvalue weighted by Gasteiger charge is 2.19. The van der Waals surface area contributed by atoms with Crippen LogP contribution in [0.2, 0.25) is 0 Å². The third-order valence-corrected chi connectivity index (χ3v) is 2.22. The lowest BCUT2D eigenvalue weighted by atomic mass is 10.2. The number of rotatable bonds is 2. The van der Waals surface area contributed by atoms with Crippen molar-refractivity contribution in [1.82, 2.24) is 15.4 Å². The van der Waals surface area contributed by atoms with Gasteiger partial charge in [-0.25, -0.2) is 4.79 Å². The third kappa shape index (κ3) is 1.31. The molecule has 0 unspecified atom stereocenters. The van der Waals surface area contributed by atoms with Gasteiger partial charge in [0, 0.05) is 0 Å². The quantitative estimate of drug-likeness (QED) is 0.851. The van der Waals surface area contributed by atoms with Gasteiger partial charge in [0.1, 0.15) is 11.3 Å². The predicted octanol–water partition coefficient (Wildman–Crippen LogP) is 1.53. The number of H-pyrrole nitrogens is 1. The third-order valence-electron chi connectivity index (χ3n) is 1.62. The second kappa shape index (κ2) is 3.26. The molecule has 0 aromatic carbocycles. The van der Waals surface area contributed by atoms with E-state index < -0.39 is 5.97 Å². The Balaban J connectivity index is 2.57. The summed E-state index contributed by atoms with van der Waals surface area (Å²) in [7, 11) is 0. The predicted molar refractivity (Wildman–Crippen MR) is 48.7 cm³/mol. The summed E-state index contributed by atoms with van der Waals surface area (Å²) in [5.74, 6) is -0.940. The van der Waals surface area contributed by atoms with Crippen LogP contribution in [0.1, 0.15) is 10.4 Å². The molecular formula is C7H4BrN3O3. The van der Waals surface area contributed by atoms with Gasteiger partial charge in [-0.1, -0.05) is 5.16 Å². The van der Waals surface area contributed by atoms with Gasteiger partial charge >= 0.3 is 5.97 Å². The molecular weight excluding hydrogens is 254 g/mol. The first-order valence-electron chi connectivity index (χ1n) is 3.57. The van der Waals surface area contributed by atoms with Crippen LogP contribution in [0.5, 0.6) is 0 Å². The number of nitrogens with zero attached hydrogens (tertiary/aromatic N) is 2. The van der Waals surface area contributed by atoms with Gasteiger partial charge in [-0.2, -0.15) is 5.10 Å². The molecule has 0 aliphatic rings.